The average molecular weight is 284 g/mol. The molecule has 0 aliphatic carbocycles. The number of hydrogen-bond donors (Lipinski definition) is 2. The van der Waals surface area contributed by atoms with Crippen LogP contribution in [0.25, 0.3) is 0 Å². The first-order valence-corrected chi connectivity index (χ1v) is 8.09. The number of rotatable bonds is 4. The molecular formula is C13H20N2O3S. The molecule has 0 amide bonds. The van der Waals surface area contributed by atoms with Gasteiger partial charge in [-0.25, -0.2) is 13.6 Å². The summed E-state index contributed by atoms with van der Waals surface area (Å²) in [7, 11) is -3.43. The molecule has 1 heterocycles. The van der Waals surface area contributed by atoms with Gasteiger partial charge in [0.2, 0.25) is 10.0 Å². The molecule has 2 atom stereocenters. The van der Waals surface area contributed by atoms with Crippen LogP contribution in [0.5, 0.6) is 5.75 Å². The summed E-state index contributed by atoms with van der Waals surface area (Å²) in [5.74, 6) is 0.851. The van der Waals surface area contributed by atoms with E-state index in [2.05, 4.69) is 5.32 Å². The zero-order valence-corrected chi connectivity index (χ0v) is 11.8. The maximum Gasteiger partial charge on any atom is 0.213 e. The van der Waals surface area contributed by atoms with Crippen LogP contribution in [0.1, 0.15) is 31.4 Å². The Morgan fingerprint density at radius 1 is 1.32 bits per heavy atom. The minimum Gasteiger partial charge on any atom is -0.494 e. The number of nitrogens with two attached hydrogens (primary N) is 1. The molecule has 19 heavy (non-hydrogen) atoms. The van der Waals surface area contributed by atoms with Crippen molar-refractivity contribution in [2.45, 2.75) is 31.1 Å². The molecular weight excluding hydrogens is 264 g/mol. The van der Waals surface area contributed by atoms with E-state index in [1.165, 1.54) is 0 Å². The van der Waals surface area contributed by atoms with E-state index in [0.717, 1.165) is 17.7 Å². The van der Waals surface area contributed by atoms with E-state index < -0.39 is 15.3 Å². The van der Waals surface area contributed by atoms with Crippen molar-refractivity contribution >= 4 is 10.0 Å². The summed E-state index contributed by atoms with van der Waals surface area (Å²) < 4.78 is 27.9. The molecule has 1 aliphatic heterocycles. The number of piperidine rings is 1. The first-order chi connectivity index (χ1) is 9.00. The van der Waals surface area contributed by atoms with Crippen LogP contribution in [0.4, 0.5) is 0 Å². The maximum absolute atomic E-state index is 11.3. The smallest absolute Gasteiger partial charge is 0.213 e. The molecule has 1 saturated heterocycles. The van der Waals surface area contributed by atoms with Gasteiger partial charge in [0.15, 0.2) is 0 Å². The Bertz CT molecular complexity index is 505. The van der Waals surface area contributed by atoms with Crippen LogP contribution in [0.2, 0.25) is 0 Å². The maximum atomic E-state index is 11.3. The fourth-order valence-corrected chi connectivity index (χ4v) is 3.15. The molecule has 5 nitrogen and oxygen atoms in total. The van der Waals surface area contributed by atoms with Crippen molar-refractivity contribution in [3.8, 4) is 5.75 Å². The van der Waals surface area contributed by atoms with Crippen LogP contribution in [0.3, 0.4) is 0 Å². The summed E-state index contributed by atoms with van der Waals surface area (Å²) in [4.78, 5) is 0. The van der Waals surface area contributed by atoms with Gasteiger partial charge >= 0.3 is 0 Å². The molecule has 1 fully saturated rings. The molecule has 3 N–H and O–H groups in total. The molecule has 2 rings (SSSR count). The van der Waals surface area contributed by atoms with Crippen LogP contribution in [0, 0.1) is 0 Å². The number of benzene rings is 1. The summed E-state index contributed by atoms with van der Waals surface area (Å²) in [5.41, 5.74) is 1.15. The van der Waals surface area contributed by atoms with E-state index in [1.54, 1.807) is 0 Å². The van der Waals surface area contributed by atoms with Crippen LogP contribution in [0.15, 0.2) is 24.3 Å². The Kier molecular flexibility index (Phi) is 4.44. The molecule has 1 aliphatic rings. The second-order valence-corrected chi connectivity index (χ2v) is 6.60. The quantitative estimate of drug-likeness (QED) is 0.869. The number of hydrogen-bond acceptors (Lipinski definition) is 4. The molecule has 0 spiro atoms. The highest BCUT2D eigenvalue weighted by Crippen LogP contribution is 2.26. The predicted molar refractivity (Wildman–Crippen MR) is 74.5 cm³/mol. The van der Waals surface area contributed by atoms with Crippen LogP contribution in [-0.4, -0.2) is 26.8 Å². The van der Waals surface area contributed by atoms with Crippen LogP contribution < -0.4 is 15.2 Å². The lowest BCUT2D eigenvalue weighted by Crippen LogP contribution is -2.43. The first kappa shape index (κ1) is 14.3. The molecule has 0 aromatic heterocycles. The zero-order valence-electron chi connectivity index (χ0n) is 11.0. The lowest BCUT2D eigenvalue weighted by atomic mass is 9.97. The summed E-state index contributed by atoms with van der Waals surface area (Å²) in [5, 5.41) is 7.94. The van der Waals surface area contributed by atoms with Crippen molar-refractivity contribution in [3.63, 3.8) is 0 Å². The lowest BCUT2D eigenvalue weighted by molar-refractivity contribution is 0.339. The molecule has 6 heteroatoms. The first-order valence-electron chi connectivity index (χ1n) is 6.48. The molecule has 2 unspecified atom stereocenters. The van der Waals surface area contributed by atoms with Gasteiger partial charge in [0.1, 0.15) is 5.75 Å². The normalized spacial score (nSPS) is 24.1. The van der Waals surface area contributed by atoms with Crippen molar-refractivity contribution in [2.24, 2.45) is 5.14 Å². The van der Waals surface area contributed by atoms with Gasteiger partial charge in [0.05, 0.1) is 11.9 Å². The molecule has 0 radical (unpaired) electrons. The van der Waals surface area contributed by atoms with E-state index in [4.69, 9.17) is 9.88 Å². The summed E-state index contributed by atoms with van der Waals surface area (Å²) >= 11 is 0. The number of ether oxygens (including phenoxy) is 1. The van der Waals surface area contributed by atoms with Gasteiger partial charge in [-0.15, -0.1) is 0 Å². The van der Waals surface area contributed by atoms with Gasteiger partial charge in [-0.3, -0.25) is 0 Å². The highest BCUT2D eigenvalue weighted by Gasteiger charge is 2.28. The van der Waals surface area contributed by atoms with Gasteiger partial charge < -0.3 is 10.1 Å². The number of nitrogens with one attached hydrogen (secondary N) is 1. The molecule has 0 saturated carbocycles. The average Bonchev–Trinajstić information content (AvgIpc) is 2.39. The topological polar surface area (TPSA) is 81.4 Å². The fourth-order valence-electron chi connectivity index (χ4n) is 2.36. The molecule has 1 aromatic rings. The van der Waals surface area contributed by atoms with E-state index in [1.807, 2.05) is 31.2 Å². The van der Waals surface area contributed by atoms with E-state index >= 15 is 0 Å². The fraction of sp³-hybridized carbons (Fsp3) is 0.538. The third kappa shape index (κ3) is 3.68. The minimum absolute atomic E-state index is 0.189. The standard InChI is InChI=1S/C13H20N2O3S/c1-2-18-11-5-3-10(4-6-11)13-8-7-12(9-15-13)19(14,16)17/h3-6,12-13,15H,2,7-9H2,1H3,(H2,14,16,17). The van der Waals surface area contributed by atoms with E-state index in [0.29, 0.717) is 19.6 Å². The van der Waals surface area contributed by atoms with Gasteiger partial charge in [0.25, 0.3) is 0 Å². The minimum atomic E-state index is -3.43. The van der Waals surface area contributed by atoms with Crippen molar-refractivity contribution in [3.05, 3.63) is 29.8 Å². The molecule has 0 bridgehead atoms. The third-order valence-electron chi connectivity index (χ3n) is 3.43. The summed E-state index contributed by atoms with van der Waals surface area (Å²) in [6.45, 7) is 3.01. The Hall–Kier alpha value is -1.11. The van der Waals surface area contributed by atoms with Crippen molar-refractivity contribution in [1.82, 2.24) is 5.32 Å². The number of primary sulfonamides is 1. The monoisotopic (exact) mass is 284 g/mol. The largest absolute Gasteiger partial charge is 0.494 e. The second kappa shape index (κ2) is 5.90. The van der Waals surface area contributed by atoms with E-state index in [9.17, 15) is 8.42 Å². The van der Waals surface area contributed by atoms with Crippen LogP contribution >= 0.6 is 0 Å². The highest BCUT2D eigenvalue weighted by atomic mass is 32.2. The summed E-state index contributed by atoms with van der Waals surface area (Å²) in [6.07, 6.45) is 1.37. The van der Waals surface area contributed by atoms with Gasteiger partial charge in [-0.1, -0.05) is 12.1 Å². The van der Waals surface area contributed by atoms with Crippen molar-refractivity contribution < 1.29 is 13.2 Å². The van der Waals surface area contributed by atoms with E-state index in [-0.39, 0.29) is 6.04 Å². The second-order valence-electron chi connectivity index (χ2n) is 4.75. The zero-order chi connectivity index (χ0) is 13.9. The molecule has 1 aromatic carbocycles. The predicted octanol–water partition coefficient (Wildman–Crippen LogP) is 1.17. The number of sulfonamides is 1. The van der Waals surface area contributed by atoms with Gasteiger partial charge in [0, 0.05) is 12.6 Å². The Labute approximate surface area is 114 Å². The van der Waals surface area contributed by atoms with Crippen LogP contribution in [-0.2, 0) is 10.0 Å². The third-order valence-corrected chi connectivity index (χ3v) is 4.76. The highest BCUT2D eigenvalue weighted by molar-refractivity contribution is 7.89. The Morgan fingerprint density at radius 2 is 2.00 bits per heavy atom. The lowest BCUT2D eigenvalue weighted by Gasteiger charge is -2.29. The van der Waals surface area contributed by atoms with Gasteiger partial charge in [-0.05, 0) is 37.5 Å². The van der Waals surface area contributed by atoms with Crippen molar-refractivity contribution in [1.29, 1.82) is 0 Å². The Morgan fingerprint density at radius 3 is 2.47 bits per heavy atom. The SMILES string of the molecule is CCOc1ccc(C2CCC(S(N)(=O)=O)CN2)cc1. The summed E-state index contributed by atoms with van der Waals surface area (Å²) in [6, 6.07) is 8.09. The van der Waals surface area contributed by atoms with Gasteiger partial charge in [-0.2, -0.15) is 0 Å². The Balaban J connectivity index is 1.97. The van der Waals surface area contributed by atoms with Crippen molar-refractivity contribution in [2.75, 3.05) is 13.2 Å². The molecule has 106 valence electrons.